The normalized spacial score (nSPS) is 11.2. The van der Waals surface area contributed by atoms with Gasteiger partial charge in [-0.3, -0.25) is 4.79 Å². The van der Waals surface area contributed by atoms with Gasteiger partial charge in [-0.25, -0.2) is 0 Å². The number of para-hydroxylation sites is 2. The number of nitrogen functional groups attached to an aromatic ring is 1. The fourth-order valence-electron chi connectivity index (χ4n) is 3.92. The maximum atomic E-state index is 12.2. The number of anilines is 2. The van der Waals surface area contributed by atoms with Crippen molar-refractivity contribution in [2.75, 3.05) is 11.1 Å². The van der Waals surface area contributed by atoms with E-state index in [1.165, 1.54) is 16.8 Å². The van der Waals surface area contributed by atoms with Crippen LogP contribution in [-0.2, 0) is 17.6 Å². The van der Waals surface area contributed by atoms with Crippen LogP contribution in [0.3, 0.4) is 0 Å². The molecule has 3 N–H and O–H groups in total. The lowest BCUT2D eigenvalue weighted by atomic mass is 10.0. The van der Waals surface area contributed by atoms with Gasteiger partial charge in [0.2, 0.25) is 17.7 Å². The van der Waals surface area contributed by atoms with Gasteiger partial charge in [0.25, 0.3) is 0 Å². The smallest absolute Gasteiger partial charge is 0.248 e. The van der Waals surface area contributed by atoms with Gasteiger partial charge >= 0.3 is 0 Å². The van der Waals surface area contributed by atoms with E-state index in [1.807, 2.05) is 54.6 Å². The predicted molar refractivity (Wildman–Crippen MR) is 139 cm³/mol. The van der Waals surface area contributed by atoms with Crippen LogP contribution >= 0.6 is 0 Å². The van der Waals surface area contributed by atoms with Crippen LogP contribution in [0.2, 0.25) is 0 Å². The van der Waals surface area contributed by atoms with Crippen molar-refractivity contribution in [2.45, 2.75) is 12.8 Å². The van der Waals surface area contributed by atoms with E-state index in [-0.39, 0.29) is 5.91 Å². The second kappa shape index (κ2) is 10.1. The first-order chi connectivity index (χ1) is 17.1. The highest BCUT2D eigenvalue weighted by atomic mass is 16.4. The van der Waals surface area contributed by atoms with E-state index in [0.29, 0.717) is 36.0 Å². The van der Waals surface area contributed by atoms with Gasteiger partial charge in [-0.2, -0.15) is 0 Å². The fourth-order valence-corrected chi connectivity index (χ4v) is 3.92. The highest BCUT2D eigenvalue weighted by Crippen LogP contribution is 2.21. The van der Waals surface area contributed by atoms with Crippen LogP contribution in [0.5, 0.6) is 0 Å². The summed E-state index contributed by atoms with van der Waals surface area (Å²) in [5.74, 6) is 0.931. The number of aromatic nitrogens is 2. The zero-order valence-electron chi connectivity index (χ0n) is 19.0. The van der Waals surface area contributed by atoms with E-state index in [1.54, 1.807) is 18.2 Å². The van der Waals surface area contributed by atoms with E-state index < -0.39 is 0 Å². The van der Waals surface area contributed by atoms with Crippen molar-refractivity contribution in [3.05, 3.63) is 126 Å². The zero-order valence-corrected chi connectivity index (χ0v) is 19.0. The maximum Gasteiger partial charge on any atom is 0.248 e. The number of benzene rings is 4. The van der Waals surface area contributed by atoms with Crippen LogP contribution in [-0.4, -0.2) is 16.1 Å². The Morgan fingerprint density at radius 1 is 0.829 bits per heavy atom. The van der Waals surface area contributed by atoms with Crippen LogP contribution in [0.1, 0.15) is 28.5 Å². The van der Waals surface area contributed by atoms with Crippen molar-refractivity contribution >= 4 is 34.1 Å². The lowest BCUT2D eigenvalue weighted by Gasteiger charge is -2.05. The number of carbonyl (C=O) groups excluding carboxylic acids is 1. The topological polar surface area (TPSA) is 94.0 Å². The minimum absolute atomic E-state index is 0.239. The Hall–Kier alpha value is -4.71. The summed E-state index contributed by atoms with van der Waals surface area (Å²) in [7, 11) is 0. The van der Waals surface area contributed by atoms with Gasteiger partial charge in [0.15, 0.2) is 0 Å². The first kappa shape index (κ1) is 22.1. The molecule has 5 rings (SSSR count). The summed E-state index contributed by atoms with van der Waals surface area (Å²) < 4.78 is 5.92. The first-order valence-corrected chi connectivity index (χ1v) is 11.3. The van der Waals surface area contributed by atoms with Crippen molar-refractivity contribution in [3.63, 3.8) is 0 Å². The predicted octanol–water partition coefficient (Wildman–Crippen LogP) is 5.64. The number of hydrogen-bond acceptors (Lipinski definition) is 5. The van der Waals surface area contributed by atoms with Gasteiger partial charge in [0.05, 0.1) is 24.2 Å². The molecule has 5 aromatic rings. The lowest BCUT2D eigenvalue weighted by Crippen LogP contribution is -2.09. The summed E-state index contributed by atoms with van der Waals surface area (Å²) in [6.07, 6.45) is 4.38. The van der Waals surface area contributed by atoms with Crippen LogP contribution in [0.4, 0.5) is 11.4 Å². The number of nitrogens with two attached hydrogens (primary N) is 1. The number of nitrogens with zero attached hydrogens (tertiary/aromatic N) is 2. The molecule has 35 heavy (non-hydrogen) atoms. The minimum atomic E-state index is -0.239. The molecule has 0 aliphatic carbocycles. The number of hydrogen-bond donors (Lipinski definition) is 2. The molecule has 0 unspecified atom stereocenters. The van der Waals surface area contributed by atoms with Crippen molar-refractivity contribution in [1.29, 1.82) is 0 Å². The molecule has 0 bridgehead atoms. The molecule has 1 aromatic heterocycles. The van der Waals surface area contributed by atoms with E-state index in [4.69, 9.17) is 10.2 Å². The molecule has 6 heteroatoms. The maximum absolute atomic E-state index is 12.2. The Morgan fingerprint density at radius 2 is 1.54 bits per heavy atom. The van der Waals surface area contributed by atoms with Crippen molar-refractivity contribution in [1.82, 2.24) is 10.2 Å². The molecule has 0 fully saturated rings. The van der Waals surface area contributed by atoms with Gasteiger partial charge in [0, 0.05) is 6.08 Å². The number of nitrogens with one attached hydrogen (secondary N) is 1. The van der Waals surface area contributed by atoms with Crippen LogP contribution < -0.4 is 11.1 Å². The molecule has 0 saturated heterocycles. The second-order valence-corrected chi connectivity index (χ2v) is 8.23. The average Bonchev–Trinajstić information content (AvgIpc) is 3.32. The second-order valence-electron chi connectivity index (χ2n) is 8.23. The molecule has 0 aliphatic rings. The third kappa shape index (κ3) is 5.45. The van der Waals surface area contributed by atoms with E-state index in [0.717, 1.165) is 16.7 Å². The molecule has 0 atom stereocenters. The lowest BCUT2D eigenvalue weighted by molar-refractivity contribution is -0.111. The number of rotatable bonds is 7. The fraction of sp³-hybridized carbons (Fsp3) is 0.0690. The molecule has 0 saturated carbocycles. The molecule has 1 heterocycles. The Morgan fingerprint density at radius 3 is 2.37 bits per heavy atom. The molecular weight excluding hydrogens is 436 g/mol. The van der Waals surface area contributed by atoms with E-state index in [9.17, 15) is 4.79 Å². The monoisotopic (exact) mass is 460 g/mol. The zero-order chi connectivity index (χ0) is 24.0. The average molecular weight is 461 g/mol. The van der Waals surface area contributed by atoms with E-state index in [2.05, 4.69) is 39.8 Å². The van der Waals surface area contributed by atoms with Gasteiger partial charge in [-0.15, -0.1) is 10.2 Å². The van der Waals surface area contributed by atoms with Crippen molar-refractivity contribution in [3.8, 4) is 0 Å². The van der Waals surface area contributed by atoms with Gasteiger partial charge < -0.3 is 15.5 Å². The molecule has 0 spiro atoms. The molecule has 0 radical (unpaired) electrons. The first-order valence-electron chi connectivity index (χ1n) is 11.3. The molecule has 6 nitrogen and oxygen atoms in total. The Balaban J connectivity index is 1.20. The molecule has 0 aliphatic heterocycles. The summed E-state index contributed by atoms with van der Waals surface area (Å²) in [4.78, 5) is 12.2. The third-order valence-electron chi connectivity index (χ3n) is 5.71. The summed E-state index contributed by atoms with van der Waals surface area (Å²) in [6.45, 7) is 0. The highest BCUT2D eigenvalue weighted by molar-refractivity contribution is 6.03. The van der Waals surface area contributed by atoms with Gasteiger partial charge in [-0.1, -0.05) is 78.9 Å². The Bertz CT molecular complexity index is 1500. The number of fused-ring (bicyclic) bond motifs is 1. The van der Waals surface area contributed by atoms with Crippen LogP contribution in [0.15, 0.2) is 101 Å². The minimum Gasteiger partial charge on any atom is -0.425 e. The SMILES string of the molecule is Nc1ccccc1NC(=O)/C=C/c1ccc(Cc2nnc(Cc3cccc4ccccc34)o2)cc1. The standard InChI is InChI=1S/C29H24N4O2/c30-25-10-3-4-11-26(25)31-27(34)17-16-20-12-14-21(15-13-20)18-28-32-33-29(35-28)19-23-8-5-7-22-6-1-2-9-24(22)23/h1-17H,18-19,30H2,(H,31,34)/b17-16+. The Kier molecular flexibility index (Phi) is 6.35. The molecule has 172 valence electrons. The quantitative estimate of drug-likeness (QED) is 0.242. The summed E-state index contributed by atoms with van der Waals surface area (Å²) in [5.41, 5.74) is 10.1. The molecule has 4 aromatic carbocycles. The number of amides is 1. The van der Waals surface area contributed by atoms with E-state index >= 15 is 0 Å². The van der Waals surface area contributed by atoms with Crippen LogP contribution in [0, 0.1) is 0 Å². The van der Waals surface area contributed by atoms with Gasteiger partial charge in [-0.05, 0) is 45.7 Å². The summed E-state index contributed by atoms with van der Waals surface area (Å²) in [6, 6.07) is 29.5. The largest absolute Gasteiger partial charge is 0.425 e. The molecule has 1 amide bonds. The Labute approximate surface area is 203 Å². The van der Waals surface area contributed by atoms with Gasteiger partial charge in [0.1, 0.15) is 0 Å². The summed E-state index contributed by atoms with van der Waals surface area (Å²) in [5, 5.41) is 13.6. The van der Waals surface area contributed by atoms with Crippen LogP contribution in [0.25, 0.3) is 16.8 Å². The molecular formula is C29H24N4O2. The third-order valence-corrected chi connectivity index (χ3v) is 5.71. The van der Waals surface area contributed by atoms with Crippen molar-refractivity contribution < 1.29 is 9.21 Å². The highest BCUT2D eigenvalue weighted by Gasteiger charge is 2.10. The summed E-state index contributed by atoms with van der Waals surface area (Å²) >= 11 is 0. The number of carbonyl (C=O) groups is 1. The van der Waals surface area contributed by atoms with Crippen molar-refractivity contribution in [2.24, 2.45) is 0 Å².